The molecule has 0 saturated heterocycles. The van der Waals surface area contributed by atoms with Crippen LogP contribution in [-0.2, 0) is 5.33 Å². The van der Waals surface area contributed by atoms with Crippen LogP contribution in [0.5, 0.6) is 5.75 Å². The fourth-order valence-corrected chi connectivity index (χ4v) is 2.07. The van der Waals surface area contributed by atoms with Gasteiger partial charge < -0.3 is 4.74 Å². The summed E-state index contributed by atoms with van der Waals surface area (Å²) in [5.74, 6) is 0.735. The molecule has 0 atom stereocenters. The molecule has 0 spiro atoms. The van der Waals surface area contributed by atoms with E-state index in [1.165, 1.54) is 0 Å². The van der Waals surface area contributed by atoms with E-state index in [-0.39, 0.29) is 12.4 Å². The highest BCUT2D eigenvalue weighted by molar-refractivity contribution is 9.08. The summed E-state index contributed by atoms with van der Waals surface area (Å²) in [4.78, 5) is 11.9. The molecule has 0 bridgehead atoms. The summed E-state index contributed by atoms with van der Waals surface area (Å²) in [6, 6.07) is 16.9. The van der Waals surface area contributed by atoms with E-state index in [0.29, 0.717) is 10.9 Å². The zero-order chi connectivity index (χ0) is 12.8. The van der Waals surface area contributed by atoms with Crippen molar-refractivity contribution in [1.82, 2.24) is 0 Å². The smallest absolute Gasteiger partial charge is 0.200 e. The van der Waals surface area contributed by atoms with E-state index in [1.807, 2.05) is 42.5 Å². The molecule has 92 valence electrons. The highest BCUT2D eigenvalue weighted by Gasteiger charge is 2.07. The van der Waals surface area contributed by atoms with Crippen molar-refractivity contribution in [2.75, 3.05) is 6.61 Å². The fraction of sp³-hybridized carbons (Fsp3) is 0.133. The summed E-state index contributed by atoms with van der Waals surface area (Å²) in [6.07, 6.45) is 0. The van der Waals surface area contributed by atoms with Crippen LogP contribution in [-0.4, -0.2) is 12.4 Å². The van der Waals surface area contributed by atoms with Crippen LogP contribution in [0.4, 0.5) is 0 Å². The van der Waals surface area contributed by atoms with Gasteiger partial charge in [0.25, 0.3) is 0 Å². The predicted octanol–water partition coefficient (Wildman–Crippen LogP) is 3.84. The van der Waals surface area contributed by atoms with Gasteiger partial charge in [0.1, 0.15) is 5.75 Å². The second kappa shape index (κ2) is 6.36. The third kappa shape index (κ3) is 3.20. The molecule has 2 aromatic rings. The van der Waals surface area contributed by atoms with Crippen molar-refractivity contribution in [1.29, 1.82) is 0 Å². The van der Waals surface area contributed by atoms with E-state index >= 15 is 0 Å². The van der Waals surface area contributed by atoms with Gasteiger partial charge in [0, 0.05) is 16.5 Å². The van der Waals surface area contributed by atoms with Gasteiger partial charge in [-0.05, 0) is 6.07 Å². The number of alkyl halides is 1. The molecule has 0 aliphatic carbocycles. The first-order valence-electron chi connectivity index (χ1n) is 5.66. The lowest BCUT2D eigenvalue weighted by Crippen LogP contribution is -2.12. The number of ether oxygens (including phenoxy) is 1. The predicted molar refractivity (Wildman–Crippen MR) is 75.3 cm³/mol. The Bertz CT molecular complexity index is 523. The van der Waals surface area contributed by atoms with Crippen molar-refractivity contribution in [3.05, 3.63) is 65.7 Å². The molecular formula is C15H13BrO2. The lowest BCUT2D eigenvalue weighted by atomic mass is 10.1. The molecule has 0 N–H and O–H groups in total. The van der Waals surface area contributed by atoms with Gasteiger partial charge in [0.05, 0.1) is 0 Å². The lowest BCUT2D eigenvalue weighted by molar-refractivity contribution is 0.0921. The molecule has 0 amide bonds. The van der Waals surface area contributed by atoms with Gasteiger partial charge in [0.2, 0.25) is 0 Å². The molecule has 0 aromatic heterocycles. The SMILES string of the molecule is O=C(COc1ccccc1CBr)c1ccccc1. The van der Waals surface area contributed by atoms with Gasteiger partial charge in [0.15, 0.2) is 12.4 Å². The molecule has 0 fully saturated rings. The molecule has 2 rings (SSSR count). The third-order valence-electron chi connectivity index (χ3n) is 2.57. The molecule has 3 heteroatoms. The van der Waals surface area contributed by atoms with E-state index in [4.69, 9.17) is 4.74 Å². The van der Waals surface area contributed by atoms with E-state index in [0.717, 1.165) is 11.3 Å². The lowest BCUT2D eigenvalue weighted by Gasteiger charge is -2.09. The van der Waals surface area contributed by atoms with Crippen molar-refractivity contribution < 1.29 is 9.53 Å². The Hall–Kier alpha value is -1.61. The standard InChI is InChI=1S/C15H13BrO2/c16-10-13-8-4-5-9-15(13)18-11-14(17)12-6-2-1-3-7-12/h1-9H,10-11H2. The maximum Gasteiger partial charge on any atom is 0.200 e. The summed E-state index contributed by atoms with van der Waals surface area (Å²) in [6.45, 7) is 0.0635. The second-order valence-corrected chi connectivity index (χ2v) is 4.38. The Morgan fingerprint density at radius 2 is 1.67 bits per heavy atom. The van der Waals surface area contributed by atoms with Crippen molar-refractivity contribution in [2.45, 2.75) is 5.33 Å². The second-order valence-electron chi connectivity index (χ2n) is 3.82. The molecular weight excluding hydrogens is 292 g/mol. The number of carbonyl (C=O) groups is 1. The van der Waals surface area contributed by atoms with Crippen LogP contribution in [0.2, 0.25) is 0 Å². The Balaban J connectivity index is 2.02. The van der Waals surface area contributed by atoms with E-state index in [2.05, 4.69) is 15.9 Å². The maximum absolute atomic E-state index is 11.9. The summed E-state index contributed by atoms with van der Waals surface area (Å²) >= 11 is 3.40. The summed E-state index contributed by atoms with van der Waals surface area (Å²) in [5.41, 5.74) is 1.71. The van der Waals surface area contributed by atoms with Gasteiger partial charge in [-0.2, -0.15) is 0 Å². The number of ketones is 1. The largest absolute Gasteiger partial charge is 0.485 e. The number of benzene rings is 2. The van der Waals surface area contributed by atoms with Crippen LogP contribution in [0.25, 0.3) is 0 Å². The number of hydrogen-bond donors (Lipinski definition) is 0. The molecule has 2 nitrogen and oxygen atoms in total. The molecule has 0 unspecified atom stereocenters. The fourth-order valence-electron chi connectivity index (χ4n) is 1.61. The number of hydrogen-bond acceptors (Lipinski definition) is 2. The van der Waals surface area contributed by atoms with Crippen LogP contribution in [0, 0.1) is 0 Å². The van der Waals surface area contributed by atoms with Crippen molar-refractivity contribution >= 4 is 21.7 Å². The van der Waals surface area contributed by atoms with Crippen molar-refractivity contribution in [3.63, 3.8) is 0 Å². The zero-order valence-electron chi connectivity index (χ0n) is 9.80. The van der Waals surface area contributed by atoms with Gasteiger partial charge in [-0.3, -0.25) is 4.79 Å². The van der Waals surface area contributed by atoms with Crippen molar-refractivity contribution in [3.8, 4) is 5.75 Å². The first kappa shape index (κ1) is 12.8. The Labute approximate surface area is 115 Å². The molecule has 0 heterocycles. The van der Waals surface area contributed by atoms with Crippen LogP contribution < -0.4 is 4.74 Å². The summed E-state index contributed by atoms with van der Waals surface area (Å²) < 4.78 is 5.56. The van der Waals surface area contributed by atoms with Crippen LogP contribution in [0.3, 0.4) is 0 Å². The Kier molecular flexibility index (Phi) is 4.53. The van der Waals surface area contributed by atoms with E-state index in [9.17, 15) is 4.79 Å². The first-order valence-corrected chi connectivity index (χ1v) is 6.78. The summed E-state index contributed by atoms with van der Waals surface area (Å²) in [7, 11) is 0. The average molecular weight is 305 g/mol. The van der Waals surface area contributed by atoms with Gasteiger partial charge in [-0.15, -0.1) is 0 Å². The summed E-state index contributed by atoms with van der Waals surface area (Å²) in [5, 5.41) is 0.711. The molecule has 2 aromatic carbocycles. The minimum Gasteiger partial charge on any atom is -0.485 e. The minimum atomic E-state index is -0.0139. The van der Waals surface area contributed by atoms with Gasteiger partial charge in [-0.25, -0.2) is 0 Å². The molecule has 0 radical (unpaired) electrons. The average Bonchev–Trinajstić information content (AvgIpc) is 2.46. The highest BCUT2D eigenvalue weighted by Crippen LogP contribution is 2.20. The monoisotopic (exact) mass is 304 g/mol. The number of Topliss-reactive ketones (excluding diaryl/α,β-unsaturated/α-hetero) is 1. The molecule has 0 saturated carbocycles. The van der Waals surface area contributed by atoms with Gasteiger partial charge in [-0.1, -0.05) is 64.5 Å². The van der Waals surface area contributed by atoms with E-state index in [1.54, 1.807) is 12.1 Å². The minimum absolute atomic E-state index is 0.0139. The normalized spacial score (nSPS) is 10.1. The van der Waals surface area contributed by atoms with Crippen LogP contribution >= 0.6 is 15.9 Å². The van der Waals surface area contributed by atoms with E-state index < -0.39 is 0 Å². The number of para-hydroxylation sites is 1. The third-order valence-corrected chi connectivity index (χ3v) is 3.18. The quantitative estimate of drug-likeness (QED) is 0.619. The van der Waals surface area contributed by atoms with Crippen molar-refractivity contribution in [2.24, 2.45) is 0 Å². The maximum atomic E-state index is 11.9. The first-order chi connectivity index (χ1) is 8.81. The van der Waals surface area contributed by atoms with Crippen LogP contribution in [0.15, 0.2) is 54.6 Å². The zero-order valence-corrected chi connectivity index (χ0v) is 11.4. The number of carbonyl (C=O) groups excluding carboxylic acids is 1. The molecule has 0 aliphatic rings. The number of rotatable bonds is 5. The molecule has 0 aliphatic heterocycles. The van der Waals surface area contributed by atoms with Gasteiger partial charge >= 0.3 is 0 Å². The number of halogens is 1. The Morgan fingerprint density at radius 3 is 2.39 bits per heavy atom. The van der Waals surface area contributed by atoms with Crippen LogP contribution in [0.1, 0.15) is 15.9 Å². The topological polar surface area (TPSA) is 26.3 Å². The molecule has 18 heavy (non-hydrogen) atoms. The Morgan fingerprint density at radius 1 is 1.00 bits per heavy atom. The highest BCUT2D eigenvalue weighted by atomic mass is 79.9.